The molecule has 7 nitrogen and oxygen atoms in total. The van der Waals surface area contributed by atoms with Crippen LogP contribution < -0.4 is 26.4 Å². The van der Waals surface area contributed by atoms with Crippen molar-refractivity contribution in [2.24, 2.45) is 0 Å². The predicted molar refractivity (Wildman–Crippen MR) is 143 cm³/mol. The zero-order valence-electron chi connectivity index (χ0n) is 19.2. The van der Waals surface area contributed by atoms with Crippen LogP contribution in [0.25, 0.3) is 0 Å². The molecule has 0 radical (unpaired) electrons. The molecule has 0 aromatic heterocycles. The van der Waals surface area contributed by atoms with E-state index in [9.17, 15) is 9.59 Å². The van der Waals surface area contributed by atoms with Gasteiger partial charge in [0, 0.05) is 12.1 Å². The third kappa shape index (κ3) is 7.89. The van der Waals surface area contributed by atoms with Gasteiger partial charge >= 0.3 is 0 Å². The molecule has 0 bridgehead atoms. The number of anilines is 2. The van der Waals surface area contributed by atoms with E-state index in [2.05, 4.69) is 16.0 Å². The van der Waals surface area contributed by atoms with Crippen LogP contribution in [-0.4, -0.2) is 24.4 Å². The molecule has 1 aliphatic rings. The number of hydrogen-bond donors (Lipinski definition) is 4. The zero-order chi connectivity index (χ0) is 23.0. The first kappa shape index (κ1) is 28.0. The van der Waals surface area contributed by atoms with Crippen LogP contribution in [0.2, 0.25) is 0 Å². The summed E-state index contributed by atoms with van der Waals surface area (Å²) >= 11 is 0. The van der Waals surface area contributed by atoms with Crippen molar-refractivity contribution in [3.63, 3.8) is 0 Å². The van der Waals surface area contributed by atoms with Crippen molar-refractivity contribution in [2.75, 3.05) is 17.6 Å². The maximum absolute atomic E-state index is 12.4. The summed E-state index contributed by atoms with van der Waals surface area (Å²) in [4.78, 5) is 24.5. The molecule has 35 heavy (non-hydrogen) atoms. The molecule has 1 fully saturated rings. The topological polar surface area (TPSA) is 105 Å². The molecule has 2 amide bonds. The molecule has 1 atom stereocenters. The Kier molecular flexibility index (Phi) is 10.9. The number of carbonyl (C=O) groups excluding carboxylic acids is 2. The van der Waals surface area contributed by atoms with Gasteiger partial charge in [0.1, 0.15) is 12.4 Å². The van der Waals surface area contributed by atoms with Gasteiger partial charge in [-0.3, -0.25) is 9.59 Å². The average molecular weight is 517 g/mol. The Balaban J connectivity index is 0.00000216. The summed E-state index contributed by atoms with van der Waals surface area (Å²) in [7, 11) is 0. The normalized spacial score (nSPS) is 14.2. The SMILES string of the molecule is Cl.Cl.Nc1ccccc1NC(=O)c1ccc(COc2ccc(CNC(=O)[C@@H]3CCCN3)cc2)cc1. The third-order valence-corrected chi connectivity index (χ3v) is 5.60. The number of rotatable bonds is 8. The van der Waals surface area contributed by atoms with Crippen LogP contribution in [0.3, 0.4) is 0 Å². The van der Waals surface area contributed by atoms with E-state index in [-0.39, 0.29) is 42.7 Å². The second-order valence-corrected chi connectivity index (χ2v) is 8.04. The molecule has 3 aromatic carbocycles. The Morgan fingerprint density at radius 1 is 0.943 bits per heavy atom. The van der Waals surface area contributed by atoms with E-state index in [1.807, 2.05) is 48.5 Å². The second-order valence-electron chi connectivity index (χ2n) is 8.04. The lowest BCUT2D eigenvalue weighted by Gasteiger charge is -2.12. The number of nitrogens with two attached hydrogens (primary N) is 1. The van der Waals surface area contributed by atoms with Gasteiger partial charge in [0.25, 0.3) is 5.91 Å². The van der Waals surface area contributed by atoms with Crippen molar-refractivity contribution in [1.82, 2.24) is 10.6 Å². The van der Waals surface area contributed by atoms with Gasteiger partial charge in [0.05, 0.1) is 17.4 Å². The minimum absolute atomic E-state index is 0. The lowest BCUT2D eigenvalue weighted by Crippen LogP contribution is -2.39. The van der Waals surface area contributed by atoms with E-state index in [0.29, 0.717) is 30.1 Å². The Hall–Kier alpha value is -3.26. The van der Waals surface area contributed by atoms with Gasteiger partial charge in [-0.15, -0.1) is 24.8 Å². The maximum Gasteiger partial charge on any atom is 0.255 e. The summed E-state index contributed by atoms with van der Waals surface area (Å²) in [5, 5.41) is 8.98. The minimum Gasteiger partial charge on any atom is -0.489 e. The highest BCUT2D eigenvalue weighted by atomic mass is 35.5. The van der Waals surface area contributed by atoms with Gasteiger partial charge in [-0.25, -0.2) is 0 Å². The number of nitrogen functional groups attached to an aromatic ring is 1. The van der Waals surface area contributed by atoms with Crippen LogP contribution in [0.1, 0.15) is 34.3 Å². The molecule has 186 valence electrons. The first-order valence-electron chi connectivity index (χ1n) is 11.1. The molecule has 1 aliphatic heterocycles. The van der Waals surface area contributed by atoms with E-state index in [0.717, 1.165) is 36.3 Å². The fraction of sp³-hybridized carbons (Fsp3) is 0.231. The first-order chi connectivity index (χ1) is 16.1. The minimum atomic E-state index is -0.216. The molecular weight excluding hydrogens is 487 g/mol. The van der Waals surface area contributed by atoms with E-state index in [4.69, 9.17) is 10.5 Å². The number of ether oxygens (including phenoxy) is 1. The Labute approximate surface area is 217 Å². The third-order valence-electron chi connectivity index (χ3n) is 5.60. The zero-order valence-corrected chi connectivity index (χ0v) is 20.8. The quantitative estimate of drug-likeness (QED) is 0.334. The summed E-state index contributed by atoms with van der Waals surface area (Å²) in [6, 6.07) is 22.0. The lowest BCUT2D eigenvalue weighted by molar-refractivity contribution is -0.122. The summed E-state index contributed by atoms with van der Waals surface area (Å²) in [6.45, 7) is 1.79. The van der Waals surface area contributed by atoms with Gasteiger partial charge in [-0.2, -0.15) is 0 Å². The largest absolute Gasteiger partial charge is 0.489 e. The average Bonchev–Trinajstić information content (AvgIpc) is 3.39. The fourth-order valence-corrected chi connectivity index (χ4v) is 3.65. The second kappa shape index (κ2) is 13.6. The number of amides is 2. The molecule has 3 aromatic rings. The number of para-hydroxylation sites is 2. The van der Waals surface area contributed by atoms with Crippen molar-refractivity contribution >= 4 is 48.0 Å². The van der Waals surface area contributed by atoms with Crippen LogP contribution in [0.4, 0.5) is 11.4 Å². The van der Waals surface area contributed by atoms with Crippen LogP contribution >= 0.6 is 24.8 Å². The standard InChI is InChI=1S/C26H28N4O3.2ClH/c27-22-4-1-2-5-23(22)30-25(31)20-11-7-19(8-12-20)17-33-21-13-9-18(10-14-21)16-29-26(32)24-6-3-15-28-24;;/h1-2,4-5,7-14,24,28H,3,6,15-17,27H2,(H,29,32)(H,30,31);2*1H/t24-;;/m0../s1. The number of benzene rings is 3. The number of halogens is 2. The van der Waals surface area contributed by atoms with Crippen LogP contribution in [0.5, 0.6) is 5.75 Å². The van der Waals surface area contributed by atoms with Gasteiger partial charge in [0.15, 0.2) is 0 Å². The molecule has 1 heterocycles. The summed E-state index contributed by atoms with van der Waals surface area (Å²) in [5.74, 6) is 0.577. The summed E-state index contributed by atoms with van der Waals surface area (Å²) < 4.78 is 5.85. The van der Waals surface area contributed by atoms with Crippen molar-refractivity contribution in [3.8, 4) is 5.75 Å². The van der Waals surface area contributed by atoms with Crippen molar-refractivity contribution < 1.29 is 14.3 Å². The van der Waals surface area contributed by atoms with Crippen molar-refractivity contribution in [2.45, 2.75) is 32.0 Å². The number of hydrogen-bond acceptors (Lipinski definition) is 5. The van der Waals surface area contributed by atoms with E-state index >= 15 is 0 Å². The monoisotopic (exact) mass is 516 g/mol. The van der Waals surface area contributed by atoms with E-state index in [1.54, 1.807) is 24.3 Å². The Morgan fingerprint density at radius 2 is 1.63 bits per heavy atom. The molecule has 0 spiro atoms. The highest BCUT2D eigenvalue weighted by Gasteiger charge is 2.21. The molecular formula is C26H30Cl2N4O3. The van der Waals surface area contributed by atoms with E-state index < -0.39 is 0 Å². The van der Waals surface area contributed by atoms with Gasteiger partial charge in [-0.05, 0) is 66.9 Å². The summed E-state index contributed by atoms with van der Waals surface area (Å²) in [6.07, 6.45) is 1.94. The fourth-order valence-electron chi connectivity index (χ4n) is 3.65. The molecule has 0 unspecified atom stereocenters. The molecule has 4 rings (SSSR count). The van der Waals surface area contributed by atoms with Gasteiger partial charge in [-0.1, -0.05) is 36.4 Å². The van der Waals surface area contributed by atoms with Crippen LogP contribution in [0.15, 0.2) is 72.8 Å². The molecule has 5 N–H and O–H groups in total. The van der Waals surface area contributed by atoms with Crippen LogP contribution in [-0.2, 0) is 17.9 Å². The Morgan fingerprint density at radius 3 is 2.29 bits per heavy atom. The Bertz CT molecular complexity index is 1100. The number of carbonyl (C=O) groups is 2. The highest BCUT2D eigenvalue weighted by molar-refractivity contribution is 6.05. The summed E-state index contributed by atoms with van der Waals surface area (Å²) in [5.41, 5.74) is 9.50. The van der Waals surface area contributed by atoms with Crippen LogP contribution in [0, 0.1) is 0 Å². The van der Waals surface area contributed by atoms with Gasteiger partial charge < -0.3 is 26.4 Å². The molecule has 1 saturated heterocycles. The highest BCUT2D eigenvalue weighted by Crippen LogP contribution is 2.19. The van der Waals surface area contributed by atoms with Crippen molar-refractivity contribution in [3.05, 3.63) is 89.5 Å². The number of nitrogens with one attached hydrogen (secondary N) is 3. The maximum atomic E-state index is 12.4. The molecule has 0 aliphatic carbocycles. The lowest BCUT2D eigenvalue weighted by atomic mass is 10.1. The molecule has 9 heteroatoms. The molecule has 0 saturated carbocycles. The van der Waals surface area contributed by atoms with E-state index in [1.165, 1.54) is 0 Å². The smallest absolute Gasteiger partial charge is 0.255 e. The predicted octanol–water partition coefficient (Wildman–Crippen LogP) is 4.31. The van der Waals surface area contributed by atoms with Crippen molar-refractivity contribution in [1.29, 1.82) is 0 Å². The first-order valence-corrected chi connectivity index (χ1v) is 11.1. The van der Waals surface area contributed by atoms with Gasteiger partial charge in [0.2, 0.25) is 5.91 Å².